The molecule has 6 heteroatoms. The van der Waals surface area contributed by atoms with Gasteiger partial charge >= 0.3 is 0 Å². The molecular weight excluding hydrogens is 353 g/mol. The van der Waals surface area contributed by atoms with Gasteiger partial charge in [0.1, 0.15) is 0 Å². The second-order valence-corrected chi connectivity index (χ2v) is 6.28. The van der Waals surface area contributed by atoms with Crippen LogP contribution in [0.3, 0.4) is 0 Å². The number of halogens is 3. The Morgan fingerprint density at radius 3 is 2.26 bits per heavy atom. The van der Waals surface area contributed by atoms with Crippen LogP contribution < -0.4 is 10.6 Å². The van der Waals surface area contributed by atoms with Crippen LogP contribution in [0.25, 0.3) is 10.9 Å². The number of pyridine rings is 1. The first-order chi connectivity index (χ1) is 11.1. The number of hydrogen-bond donors (Lipinski definition) is 2. The van der Waals surface area contributed by atoms with Gasteiger partial charge in [-0.05, 0) is 42.5 Å². The zero-order valence-corrected chi connectivity index (χ0v) is 14.4. The van der Waals surface area contributed by atoms with E-state index in [1.165, 1.54) is 0 Å². The smallest absolute Gasteiger partial charge is 0.0737 e. The molecule has 0 bridgehead atoms. The monoisotopic (exact) mass is 365 g/mol. The number of rotatable bonds is 5. The van der Waals surface area contributed by atoms with Crippen molar-refractivity contribution in [3.05, 3.63) is 63.7 Å². The van der Waals surface area contributed by atoms with Crippen molar-refractivity contribution in [1.29, 1.82) is 0 Å². The first-order valence-electron chi connectivity index (χ1n) is 7.10. The largest absolute Gasteiger partial charge is 0.383 e. The lowest BCUT2D eigenvalue weighted by atomic mass is 10.2. The highest BCUT2D eigenvalue weighted by atomic mass is 35.5. The van der Waals surface area contributed by atoms with Crippen LogP contribution in [0.2, 0.25) is 15.1 Å². The molecule has 2 N–H and O–H groups in total. The first kappa shape index (κ1) is 16.2. The summed E-state index contributed by atoms with van der Waals surface area (Å²) in [5.41, 5.74) is 2.76. The summed E-state index contributed by atoms with van der Waals surface area (Å²) in [5.74, 6) is 0. The Balaban J connectivity index is 1.63. The Hall–Kier alpha value is -1.68. The van der Waals surface area contributed by atoms with E-state index >= 15 is 0 Å². The number of nitrogens with one attached hydrogen (secondary N) is 2. The summed E-state index contributed by atoms with van der Waals surface area (Å²) in [4.78, 5) is 4.33. The minimum absolute atomic E-state index is 0.613. The molecule has 118 valence electrons. The number of fused-ring (bicyclic) bond motifs is 1. The van der Waals surface area contributed by atoms with Crippen molar-refractivity contribution >= 4 is 57.1 Å². The number of anilines is 2. The van der Waals surface area contributed by atoms with Crippen molar-refractivity contribution in [2.45, 2.75) is 0 Å². The van der Waals surface area contributed by atoms with Crippen molar-refractivity contribution in [2.75, 3.05) is 23.7 Å². The molecular formula is C17H14Cl3N3. The topological polar surface area (TPSA) is 37.0 Å². The molecule has 0 fully saturated rings. The predicted molar refractivity (Wildman–Crippen MR) is 100 cm³/mol. The molecule has 3 aromatic rings. The molecule has 1 aromatic heterocycles. The SMILES string of the molecule is Clc1ccc(NCCNc2ccnc3cc(Cl)ccc23)c(Cl)c1. The summed E-state index contributed by atoms with van der Waals surface area (Å²) >= 11 is 18.0. The van der Waals surface area contributed by atoms with Crippen molar-refractivity contribution in [3.8, 4) is 0 Å². The number of nitrogens with zero attached hydrogens (tertiary/aromatic N) is 1. The molecule has 2 aromatic carbocycles. The van der Waals surface area contributed by atoms with Crippen molar-refractivity contribution < 1.29 is 0 Å². The van der Waals surface area contributed by atoms with E-state index in [9.17, 15) is 0 Å². The standard InChI is InChI=1S/C17H14Cl3N3/c18-11-2-4-16(14(20)9-11)23-8-7-22-15-5-6-21-17-10-12(19)1-3-13(15)17/h1-6,9-10,23H,7-8H2,(H,21,22). The maximum absolute atomic E-state index is 6.13. The fourth-order valence-corrected chi connectivity index (χ4v) is 2.94. The van der Waals surface area contributed by atoms with Gasteiger partial charge in [0.15, 0.2) is 0 Å². The van der Waals surface area contributed by atoms with Crippen LogP contribution in [-0.2, 0) is 0 Å². The van der Waals surface area contributed by atoms with Crippen LogP contribution in [0.4, 0.5) is 11.4 Å². The van der Waals surface area contributed by atoms with Crippen molar-refractivity contribution in [3.63, 3.8) is 0 Å². The summed E-state index contributed by atoms with van der Waals surface area (Å²) < 4.78 is 0. The Labute approximate surface area is 149 Å². The average Bonchev–Trinajstić information content (AvgIpc) is 2.53. The highest BCUT2D eigenvalue weighted by molar-refractivity contribution is 6.36. The molecule has 0 aliphatic heterocycles. The third kappa shape index (κ3) is 3.99. The predicted octanol–water partition coefficient (Wildman–Crippen LogP) is 5.72. The molecule has 0 aliphatic rings. The second-order valence-electron chi connectivity index (χ2n) is 5.00. The van der Waals surface area contributed by atoms with E-state index in [2.05, 4.69) is 15.6 Å². The molecule has 0 saturated carbocycles. The Bertz CT molecular complexity index is 836. The molecule has 3 rings (SSSR count). The van der Waals surface area contributed by atoms with Gasteiger partial charge in [0.25, 0.3) is 0 Å². The molecule has 3 nitrogen and oxygen atoms in total. The van der Waals surface area contributed by atoms with Gasteiger partial charge in [-0.15, -0.1) is 0 Å². The maximum Gasteiger partial charge on any atom is 0.0737 e. The summed E-state index contributed by atoms with van der Waals surface area (Å²) in [7, 11) is 0. The Morgan fingerprint density at radius 1 is 0.783 bits per heavy atom. The minimum atomic E-state index is 0.613. The van der Waals surface area contributed by atoms with Gasteiger partial charge < -0.3 is 10.6 Å². The van der Waals surface area contributed by atoms with Gasteiger partial charge in [-0.2, -0.15) is 0 Å². The van der Waals surface area contributed by atoms with Gasteiger partial charge in [0.05, 0.1) is 16.2 Å². The number of benzene rings is 2. The van der Waals surface area contributed by atoms with E-state index in [1.54, 1.807) is 12.3 Å². The Morgan fingerprint density at radius 2 is 1.48 bits per heavy atom. The van der Waals surface area contributed by atoms with Gasteiger partial charge in [-0.3, -0.25) is 4.98 Å². The summed E-state index contributed by atoms with van der Waals surface area (Å²) in [6, 6.07) is 13.0. The molecule has 0 atom stereocenters. The van der Waals surface area contributed by atoms with E-state index in [4.69, 9.17) is 34.8 Å². The summed E-state index contributed by atoms with van der Waals surface area (Å²) in [5, 5.41) is 9.63. The molecule has 23 heavy (non-hydrogen) atoms. The van der Waals surface area contributed by atoms with Crippen LogP contribution in [0.15, 0.2) is 48.7 Å². The van der Waals surface area contributed by atoms with Gasteiger partial charge in [0.2, 0.25) is 0 Å². The number of hydrogen-bond acceptors (Lipinski definition) is 3. The van der Waals surface area contributed by atoms with Gasteiger partial charge in [-0.1, -0.05) is 34.8 Å². The van der Waals surface area contributed by atoms with E-state index < -0.39 is 0 Å². The molecule has 0 unspecified atom stereocenters. The second kappa shape index (κ2) is 7.26. The molecule has 0 spiro atoms. The summed E-state index contributed by atoms with van der Waals surface area (Å²) in [6.45, 7) is 1.46. The lowest BCUT2D eigenvalue weighted by Gasteiger charge is -2.12. The molecule has 1 heterocycles. The van der Waals surface area contributed by atoms with Crippen LogP contribution in [-0.4, -0.2) is 18.1 Å². The first-order valence-corrected chi connectivity index (χ1v) is 8.24. The zero-order valence-electron chi connectivity index (χ0n) is 12.1. The third-order valence-electron chi connectivity index (χ3n) is 3.39. The quantitative estimate of drug-likeness (QED) is 0.567. The van der Waals surface area contributed by atoms with Crippen LogP contribution >= 0.6 is 34.8 Å². The number of aromatic nitrogens is 1. The van der Waals surface area contributed by atoms with Crippen LogP contribution in [0, 0.1) is 0 Å². The fraction of sp³-hybridized carbons (Fsp3) is 0.118. The summed E-state index contributed by atoms with van der Waals surface area (Å²) in [6.07, 6.45) is 1.77. The molecule has 0 radical (unpaired) electrons. The lowest BCUT2D eigenvalue weighted by Crippen LogP contribution is -2.14. The zero-order chi connectivity index (χ0) is 16.2. The van der Waals surface area contributed by atoms with E-state index in [-0.39, 0.29) is 0 Å². The van der Waals surface area contributed by atoms with E-state index in [0.29, 0.717) is 15.1 Å². The van der Waals surface area contributed by atoms with E-state index in [0.717, 1.165) is 35.4 Å². The molecule has 0 amide bonds. The van der Waals surface area contributed by atoms with Crippen LogP contribution in [0.1, 0.15) is 0 Å². The third-order valence-corrected chi connectivity index (χ3v) is 4.17. The van der Waals surface area contributed by atoms with Gasteiger partial charge in [-0.25, -0.2) is 0 Å². The van der Waals surface area contributed by atoms with Crippen molar-refractivity contribution in [1.82, 2.24) is 4.98 Å². The van der Waals surface area contributed by atoms with Gasteiger partial charge in [0, 0.05) is 40.4 Å². The van der Waals surface area contributed by atoms with Crippen LogP contribution in [0.5, 0.6) is 0 Å². The molecule has 0 saturated heterocycles. The lowest BCUT2D eigenvalue weighted by molar-refractivity contribution is 1.08. The van der Waals surface area contributed by atoms with E-state index in [1.807, 2.05) is 36.4 Å². The fourth-order valence-electron chi connectivity index (χ4n) is 2.30. The highest BCUT2D eigenvalue weighted by Gasteiger charge is 2.03. The Kier molecular flexibility index (Phi) is 5.11. The normalized spacial score (nSPS) is 10.7. The minimum Gasteiger partial charge on any atom is -0.383 e. The average molecular weight is 367 g/mol. The van der Waals surface area contributed by atoms with Crippen molar-refractivity contribution in [2.24, 2.45) is 0 Å². The maximum atomic E-state index is 6.13. The molecule has 0 aliphatic carbocycles. The highest BCUT2D eigenvalue weighted by Crippen LogP contribution is 2.26.